The highest BCUT2D eigenvalue weighted by molar-refractivity contribution is 6.63. The highest BCUT2D eigenvalue weighted by atomic mass is 28.3. The maximum Gasteiger partial charge on any atom is 0.0844 e. The zero-order valence-corrected chi connectivity index (χ0v) is 8.42. The predicted molar refractivity (Wildman–Crippen MR) is 48.9 cm³/mol. The molecule has 0 radical (unpaired) electrons. The number of rotatable bonds is 5. The molecular weight excluding hydrogens is 140 g/mol. The molecule has 0 rings (SSSR count). The van der Waals surface area contributed by atoms with Crippen LogP contribution >= 0.6 is 0 Å². The topological polar surface area (TPSA) is 9.23 Å². The van der Waals surface area contributed by atoms with Gasteiger partial charge in [-0.15, -0.1) is 0 Å². The minimum absolute atomic E-state index is 0.529. The largest absolute Gasteiger partial charge is 0.502 e. The van der Waals surface area contributed by atoms with Gasteiger partial charge in [0.15, 0.2) is 0 Å². The fourth-order valence-corrected chi connectivity index (χ4v) is 2.28. The summed E-state index contributed by atoms with van der Waals surface area (Å²) in [7, 11) is -0.529. The van der Waals surface area contributed by atoms with E-state index in [2.05, 4.69) is 19.5 Å². The predicted octanol–water partition coefficient (Wildman–Crippen LogP) is 2.34. The maximum absolute atomic E-state index is 5.12. The summed E-state index contributed by atoms with van der Waals surface area (Å²) in [5, 5.41) is 0. The lowest BCUT2D eigenvalue weighted by Gasteiger charge is -2.02. The normalized spacial score (nSPS) is 11.2. The molecule has 1 nitrogen and oxygen atoms in total. The zero-order valence-electron chi connectivity index (χ0n) is 7.26. The first-order valence-electron chi connectivity index (χ1n) is 4.13. The van der Waals surface area contributed by atoms with Crippen LogP contribution in [-0.4, -0.2) is 15.4 Å². The van der Waals surface area contributed by atoms with Crippen molar-refractivity contribution in [2.75, 3.05) is 6.61 Å². The van der Waals surface area contributed by atoms with Gasteiger partial charge in [-0.25, -0.2) is 0 Å². The molecule has 2 heteroatoms. The Hall–Kier alpha value is -0.243. The van der Waals surface area contributed by atoms with Gasteiger partial charge in [0, 0.05) is 0 Å². The van der Waals surface area contributed by atoms with E-state index in [1.807, 2.05) is 13.2 Å². The Balaban J connectivity index is 3.40. The number of hydrogen-bond donors (Lipinski definition) is 0. The highest BCUT2D eigenvalue weighted by Gasteiger charge is 1.97. The molecule has 0 unspecified atom stereocenters. The fraction of sp³-hybridized carbons (Fsp3) is 0.750. The molecule has 60 valence electrons. The molecule has 0 spiro atoms. The van der Waals surface area contributed by atoms with Crippen LogP contribution in [0.2, 0.25) is 12.1 Å². The third-order valence-corrected chi connectivity index (χ3v) is 4.46. The molecule has 0 saturated carbocycles. The molecule has 0 aliphatic heterocycles. The third-order valence-electron chi connectivity index (χ3n) is 1.66. The van der Waals surface area contributed by atoms with Crippen LogP contribution < -0.4 is 0 Å². The van der Waals surface area contributed by atoms with E-state index in [0.717, 1.165) is 6.61 Å². The summed E-state index contributed by atoms with van der Waals surface area (Å²) in [6, 6.07) is 2.69. The molecule has 0 saturated heterocycles. The van der Waals surface area contributed by atoms with Crippen LogP contribution in [0.1, 0.15) is 20.8 Å². The van der Waals surface area contributed by atoms with Gasteiger partial charge >= 0.3 is 0 Å². The standard InChI is InChI=1S/C8H18OSi/c1-4-9-7-8-10(5-2)6-3/h7-8,10H,4-6H2,1-3H3. The Kier molecular flexibility index (Phi) is 6.70. The first-order chi connectivity index (χ1) is 4.85. The van der Waals surface area contributed by atoms with Crippen molar-refractivity contribution >= 4 is 8.80 Å². The molecule has 0 atom stereocenters. The monoisotopic (exact) mass is 158 g/mol. The second-order valence-corrected chi connectivity index (χ2v) is 5.90. The lowest BCUT2D eigenvalue weighted by molar-refractivity contribution is 0.270. The molecule has 0 amide bonds. The summed E-state index contributed by atoms with van der Waals surface area (Å²) in [6.07, 6.45) is 1.88. The van der Waals surface area contributed by atoms with E-state index < -0.39 is 8.80 Å². The second-order valence-electron chi connectivity index (χ2n) is 2.36. The SMILES string of the molecule is CCOC=C[SiH](CC)CC. The molecule has 0 N–H and O–H groups in total. The average Bonchev–Trinajstić information content (AvgIpc) is 1.99. The van der Waals surface area contributed by atoms with E-state index >= 15 is 0 Å². The van der Waals surface area contributed by atoms with Gasteiger partial charge in [0.05, 0.1) is 21.7 Å². The Morgan fingerprint density at radius 2 is 1.80 bits per heavy atom. The van der Waals surface area contributed by atoms with Crippen LogP contribution in [0.4, 0.5) is 0 Å². The lowest BCUT2D eigenvalue weighted by Crippen LogP contribution is -2.04. The smallest absolute Gasteiger partial charge is 0.0844 e. The van der Waals surface area contributed by atoms with Gasteiger partial charge in [0.1, 0.15) is 0 Å². The number of ether oxygens (including phenoxy) is 1. The van der Waals surface area contributed by atoms with E-state index in [9.17, 15) is 0 Å². The van der Waals surface area contributed by atoms with E-state index in [-0.39, 0.29) is 0 Å². The van der Waals surface area contributed by atoms with Gasteiger partial charge in [-0.3, -0.25) is 0 Å². The molecule has 0 aliphatic rings. The summed E-state index contributed by atoms with van der Waals surface area (Å²) in [4.78, 5) is 0. The van der Waals surface area contributed by atoms with Gasteiger partial charge in [0.2, 0.25) is 0 Å². The van der Waals surface area contributed by atoms with Gasteiger partial charge in [-0.2, -0.15) is 0 Å². The van der Waals surface area contributed by atoms with Crippen molar-refractivity contribution in [2.24, 2.45) is 0 Å². The molecule has 10 heavy (non-hydrogen) atoms. The fourth-order valence-electron chi connectivity index (χ4n) is 0.824. The molecule has 0 aromatic carbocycles. The minimum atomic E-state index is -0.529. The van der Waals surface area contributed by atoms with E-state index in [0.29, 0.717) is 0 Å². The Morgan fingerprint density at radius 1 is 1.20 bits per heavy atom. The van der Waals surface area contributed by atoms with E-state index in [1.54, 1.807) is 0 Å². The average molecular weight is 158 g/mol. The molecule has 0 fully saturated rings. The summed E-state index contributed by atoms with van der Waals surface area (Å²) in [5.74, 6) is 0. The van der Waals surface area contributed by atoms with Crippen molar-refractivity contribution in [1.82, 2.24) is 0 Å². The summed E-state index contributed by atoms with van der Waals surface area (Å²) in [6.45, 7) is 7.33. The molecule has 0 aromatic rings. The van der Waals surface area contributed by atoms with Crippen LogP contribution in [0.25, 0.3) is 0 Å². The van der Waals surface area contributed by atoms with Crippen LogP contribution in [0.3, 0.4) is 0 Å². The van der Waals surface area contributed by atoms with Crippen molar-refractivity contribution in [1.29, 1.82) is 0 Å². The second kappa shape index (κ2) is 6.87. The quantitative estimate of drug-likeness (QED) is 0.441. The first-order valence-corrected chi connectivity index (χ1v) is 6.43. The van der Waals surface area contributed by atoms with Crippen molar-refractivity contribution in [3.63, 3.8) is 0 Å². The van der Waals surface area contributed by atoms with Crippen molar-refractivity contribution < 1.29 is 4.74 Å². The Bertz CT molecular complexity index is 87.3. The van der Waals surface area contributed by atoms with Crippen molar-refractivity contribution in [2.45, 2.75) is 32.9 Å². The van der Waals surface area contributed by atoms with Crippen LogP contribution in [-0.2, 0) is 4.74 Å². The van der Waals surface area contributed by atoms with Gasteiger partial charge < -0.3 is 4.74 Å². The highest BCUT2D eigenvalue weighted by Crippen LogP contribution is 1.99. The number of hydrogen-bond acceptors (Lipinski definition) is 1. The minimum Gasteiger partial charge on any atom is -0.502 e. The van der Waals surface area contributed by atoms with Crippen molar-refractivity contribution in [3.05, 3.63) is 12.0 Å². The van der Waals surface area contributed by atoms with E-state index in [4.69, 9.17) is 4.74 Å². The van der Waals surface area contributed by atoms with Gasteiger partial charge in [-0.1, -0.05) is 31.6 Å². The molecule has 0 aliphatic carbocycles. The first kappa shape index (κ1) is 9.76. The van der Waals surface area contributed by atoms with E-state index in [1.165, 1.54) is 12.1 Å². The van der Waals surface area contributed by atoms with Crippen LogP contribution in [0.5, 0.6) is 0 Å². The Labute approximate surface area is 65.7 Å². The lowest BCUT2D eigenvalue weighted by atomic mass is 10.9. The molecule has 0 bridgehead atoms. The zero-order chi connectivity index (χ0) is 7.82. The molecule has 0 aromatic heterocycles. The summed E-state index contributed by atoms with van der Waals surface area (Å²) in [5.41, 5.74) is 2.28. The van der Waals surface area contributed by atoms with Crippen LogP contribution in [0.15, 0.2) is 12.0 Å². The van der Waals surface area contributed by atoms with Crippen LogP contribution in [0, 0.1) is 0 Å². The Morgan fingerprint density at radius 3 is 2.20 bits per heavy atom. The molecule has 0 heterocycles. The summed E-state index contributed by atoms with van der Waals surface area (Å²) < 4.78 is 5.12. The van der Waals surface area contributed by atoms with Gasteiger partial charge in [-0.05, 0) is 6.92 Å². The van der Waals surface area contributed by atoms with Gasteiger partial charge in [0.25, 0.3) is 0 Å². The van der Waals surface area contributed by atoms with Crippen molar-refractivity contribution in [3.8, 4) is 0 Å². The molecular formula is C8H18OSi. The maximum atomic E-state index is 5.12. The summed E-state index contributed by atoms with van der Waals surface area (Å²) >= 11 is 0. The third kappa shape index (κ3) is 4.62.